The zero-order valence-corrected chi connectivity index (χ0v) is 10.8. The van der Waals surface area contributed by atoms with Crippen molar-refractivity contribution in [3.63, 3.8) is 0 Å². The summed E-state index contributed by atoms with van der Waals surface area (Å²) in [7, 11) is 0. The quantitative estimate of drug-likeness (QED) is 0.714. The topological polar surface area (TPSA) is 55.1 Å². The van der Waals surface area contributed by atoms with Crippen molar-refractivity contribution in [3.05, 3.63) is 0 Å². The third-order valence-corrected chi connectivity index (χ3v) is 4.55. The largest absolute Gasteiger partial charge is 0.356 e. The van der Waals surface area contributed by atoms with Crippen LogP contribution in [0.5, 0.6) is 0 Å². The van der Waals surface area contributed by atoms with E-state index in [1.54, 1.807) is 0 Å². The zero-order valence-electron chi connectivity index (χ0n) is 10.8. The van der Waals surface area contributed by atoms with Gasteiger partial charge in [-0.25, -0.2) is 0 Å². The van der Waals surface area contributed by atoms with Crippen molar-refractivity contribution < 1.29 is 4.79 Å². The van der Waals surface area contributed by atoms with Crippen LogP contribution in [0.25, 0.3) is 0 Å². The summed E-state index contributed by atoms with van der Waals surface area (Å²) < 4.78 is 0. The molecule has 0 atom stereocenters. The number of nitrogens with one attached hydrogen (secondary N) is 1. The van der Waals surface area contributed by atoms with Crippen LogP contribution in [0, 0.1) is 11.3 Å². The first-order valence-corrected chi connectivity index (χ1v) is 7.21. The molecule has 0 radical (unpaired) electrons. The molecule has 17 heavy (non-hydrogen) atoms. The second-order valence-corrected chi connectivity index (χ2v) is 6.00. The van der Waals surface area contributed by atoms with Gasteiger partial charge in [0, 0.05) is 13.0 Å². The molecule has 98 valence electrons. The average Bonchev–Trinajstić information content (AvgIpc) is 2.90. The number of carbonyl (C=O) groups is 1. The van der Waals surface area contributed by atoms with Crippen LogP contribution in [-0.4, -0.2) is 19.0 Å². The van der Waals surface area contributed by atoms with Crippen LogP contribution in [0.4, 0.5) is 0 Å². The molecule has 1 amide bonds. The molecule has 0 heterocycles. The van der Waals surface area contributed by atoms with Gasteiger partial charge in [0.15, 0.2) is 0 Å². The van der Waals surface area contributed by atoms with E-state index in [1.807, 2.05) is 0 Å². The maximum atomic E-state index is 11.7. The Morgan fingerprint density at radius 1 is 1.29 bits per heavy atom. The molecule has 0 bridgehead atoms. The molecule has 0 aromatic rings. The lowest BCUT2D eigenvalue weighted by Crippen LogP contribution is -2.31. The molecule has 3 N–H and O–H groups in total. The highest BCUT2D eigenvalue weighted by molar-refractivity contribution is 5.75. The molecule has 2 rings (SSSR count). The van der Waals surface area contributed by atoms with Crippen LogP contribution in [0.15, 0.2) is 0 Å². The monoisotopic (exact) mass is 238 g/mol. The van der Waals surface area contributed by atoms with E-state index in [9.17, 15) is 4.79 Å². The number of rotatable bonds is 7. The Kier molecular flexibility index (Phi) is 4.43. The van der Waals surface area contributed by atoms with Gasteiger partial charge in [-0.05, 0) is 43.6 Å². The number of hydrogen-bond acceptors (Lipinski definition) is 2. The Morgan fingerprint density at radius 3 is 2.59 bits per heavy atom. The summed E-state index contributed by atoms with van der Waals surface area (Å²) in [4.78, 5) is 11.7. The molecule has 2 fully saturated rings. The van der Waals surface area contributed by atoms with Gasteiger partial charge in [0.2, 0.25) is 5.91 Å². The van der Waals surface area contributed by atoms with Gasteiger partial charge in [0.05, 0.1) is 0 Å². The first kappa shape index (κ1) is 12.9. The fraction of sp³-hybridized carbons (Fsp3) is 0.929. The second kappa shape index (κ2) is 5.85. The molecule has 2 saturated carbocycles. The molecule has 0 aromatic carbocycles. The fourth-order valence-electron chi connectivity index (χ4n) is 3.01. The van der Waals surface area contributed by atoms with Gasteiger partial charge in [-0.2, -0.15) is 0 Å². The highest BCUT2D eigenvalue weighted by Crippen LogP contribution is 2.47. The summed E-state index contributed by atoms with van der Waals surface area (Å²) in [5, 5.41) is 3.10. The van der Waals surface area contributed by atoms with Crippen molar-refractivity contribution in [2.45, 2.75) is 57.8 Å². The molecular weight excluding hydrogens is 212 g/mol. The molecule has 3 nitrogen and oxygen atoms in total. The van der Waals surface area contributed by atoms with Crippen molar-refractivity contribution in [3.8, 4) is 0 Å². The summed E-state index contributed by atoms with van der Waals surface area (Å²) in [5.41, 5.74) is 5.96. The van der Waals surface area contributed by atoms with Crippen molar-refractivity contribution >= 4 is 5.91 Å². The summed E-state index contributed by atoms with van der Waals surface area (Å²) in [5.74, 6) is 1.07. The third-order valence-electron chi connectivity index (χ3n) is 4.55. The van der Waals surface area contributed by atoms with Gasteiger partial charge >= 0.3 is 0 Å². The van der Waals surface area contributed by atoms with Gasteiger partial charge in [0.1, 0.15) is 0 Å². The van der Waals surface area contributed by atoms with Gasteiger partial charge < -0.3 is 11.1 Å². The highest BCUT2D eigenvalue weighted by atomic mass is 16.1. The van der Waals surface area contributed by atoms with E-state index in [0.717, 1.165) is 38.3 Å². The molecule has 2 aliphatic carbocycles. The minimum atomic E-state index is 0.250. The van der Waals surface area contributed by atoms with E-state index in [1.165, 1.54) is 38.5 Å². The van der Waals surface area contributed by atoms with Crippen molar-refractivity contribution in [2.75, 3.05) is 13.1 Å². The average molecular weight is 238 g/mol. The van der Waals surface area contributed by atoms with Crippen LogP contribution in [0.1, 0.15) is 57.8 Å². The van der Waals surface area contributed by atoms with E-state index in [-0.39, 0.29) is 5.91 Å². The Morgan fingerprint density at radius 2 is 2.00 bits per heavy atom. The van der Waals surface area contributed by atoms with Crippen molar-refractivity contribution in [1.29, 1.82) is 0 Å². The maximum absolute atomic E-state index is 11.7. The first-order chi connectivity index (χ1) is 8.24. The zero-order chi connectivity index (χ0) is 12.1. The van der Waals surface area contributed by atoms with E-state index in [4.69, 9.17) is 5.73 Å². The van der Waals surface area contributed by atoms with Crippen molar-refractivity contribution in [1.82, 2.24) is 5.32 Å². The number of amides is 1. The Labute approximate surface area is 105 Å². The normalized spacial score (nSPS) is 22.6. The van der Waals surface area contributed by atoms with Gasteiger partial charge in [-0.3, -0.25) is 4.79 Å². The Bertz CT molecular complexity index is 255. The minimum Gasteiger partial charge on any atom is -0.356 e. The molecule has 0 aliphatic heterocycles. The lowest BCUT2D eigenvalue weighted by atomic mass is 10.0. The minimum absolute atomic E-state index is 0.250. The molecule has 0 spiro atoms. The van der Waals surface area contributed by atoms with Crippen LogP contribution >= 0.6 is 0 Å². The van der Waals surface area contributed by atoms with Crippen LogP contribution in [0.3, 0.4) is 0 Å². The maximum Gasteiger partial charge on any atom is 0.220 e. The van der Waals surface area contributed by atoms with E-state index >= 15 is 0 Å². The van der Waals surface area contributed by atoms with Crippen LogP contribution in [-0.2, 0) is 4.79 Å². The lowest BCUT2D eigenvalue weighted by molar-refractivity contribution is -0.121. The summed E-state index contributed by atoms with van der Waals surface area (Å²) in [6, 6.07) is 0. The number of hydrogen-bond donors (Lipinski definition) is 2. The summed E-state index contributed by atoms with van der Waals surface area (Å²) in [6.07, 6.45) is 10.8. The number of carbonyl (C=O) groups excluding carboxylic acids is 1. The van der Waals surface area contributed by atoms with Crippen molar-refractivity contribution in [2.24, 2.45) is 17.1 Å². The molecule has 0 unspecified atom stereocenters. The summed E-state index contributed by atoms with van der Waals surface area (Å²) >= 11 is 0. The molecule has 3 heteroatoms. The predicted molar refractivity (Wildman–Crippen MR) is 69.5 cm³/mol. The Hall–Kier alpha value is -0.570. The highest BCUT2D eigenvalue weighted by Gasteiger charge is 2.41. The molecule has 2 aliphatic rings. The van der Waals surface area contributed by atoms with E-state index in [0.29, 0.717) is 5.41 Å². The van der Waals surface area contributed by atoms with Gasteiger partial charge in [-0.15, -0.1) is 0 Å². The molecule has 0 saturated heterocycles. The first-order valence-electron chi connectivity index (χ1n) is 7.21. The number of nitrogens with two attached hydrogens (primary N) is 1. The SMILES string of the molecule is NCCC1(CNC(=O)CCC2CCCC2)CC1. The predicted octanol–water partition coefficient (Wildman–Crippen LogP) is 2.20. The smallest absolute Gasteiger partial charge is 0.220 e. The standard InChI is InChI=1S/C14H26N2O/c15-10-9-14(7-8-14)11-16-13(17)6-5-12-3-1-2-4-12/h12H,1-11,15H2,(H,16,17). The third kappa shape index (κ3) is 3.98. The summed E-state index contributed by atoms with van der Waals surface area (Å²) in [6.45, 7) is 1.60. The van der Waals surface area contributed by atoms with Crippen LogP contribution < -0.4 is 11.1 Å². The lowest BCUT2D eigenvalue weighted by Gasteiger charge is -2.15. The Balaban J connectivity index is 1.57. The van der Waals surface area contributed by atoms with Gasteiger partial charge in [0.25, 0.3) is 0 Å². The van der Waals surface area contributed by atoms with Gasteiger partial charge in [-0.1, -0.05) is 25.7 Å². The fourth-order valence-corrected chi connectivity index (χ4v) is 3.01. The van der Waals surface area contributed by atoms with E-state index < -0.39 is 0 Å². The van der Waals surface area contributed by atoms with E-state index in [2.05, 4.69) is 5.32 Å². The second-order valence-electron chi connectivity index (χ2n) is 6.00. The van der Waals surface area contributed by atoms with Crippen LogP contribution in [0.2, 0.25) is 0 Å². The molecule has 0 aromatic heterocycles. The molecular formula is C14H26N2O.